The zero-order valence-electron chi connectivity index (χ0n) is 16.8. The maximum Gasteiger partial charge on any atom is 0.0681 e. The number of aliphatic hydroxyl groups is 1. The number of nitrogens with one attached hydrogen (secondary N) is 1. The van der Waals surface area contributed by atoms with Crippen LogP contribution >= 0.6 is 0 Å². The third kappa shape index (κ3) is 4.29. The van der Waals surface area contributed by atoms with E-state index < -0.39 is 0 Å². The van der Waals surface area contributed by atoms with Crippen LogP contribution < -0.4 is 5.32 Å². The van der Waals surface area contributed by atoms with Crippen LogP contribution in [0, 0.1) is 0 Å². The first-order valence-corrected chi connectivity index (χ1v) is 10.7. The molecule has 0 aliphatic heterocycles. The molecule has 1 saturated carbocycles. The SMILES string of the molecule is CC(NC1CCCCC(c2ccc(CO)cc2)C1)c1cccc2ccccc12. The Bertz CT molecular complexity index is 896. The maximum atomic E-state index is 9.30. The molecular weight excluding hydrogens is 342 g/mol. The maximum absolute atomic E-state index is 9.30. The number of rotatable bonds is 5. The largest absolute Gasteiger partial charge is 0.392 e. The van der Waals surface area contributed by atoms with Gasteiger partial charge >= 0.3 is 0 Å². The summed E-state index contributed by atoms with van der Waals surface area (Å²) in [6.45, 7) is 2.43. The second-order valence-corrected chi connectivity index (χ2v) is 8.27. The van der Waals surface area contributed by atoms with Crippen LogP contribution in [0.15, 0.2) is 66.7 Å². The molecule has 0 heterocycles. The van der Waals surface area contributed by atoms with E-state index in [9.17, 15) is 5.11 Å². The first-order valence-electron chi connectivity index (χ1n) is 10.7. The molecule has 1 aliphatic rings. The van der Waals surface area contributed by atoms with Gasteiger partial charge in [0.15, 0.2) is 0 Å². The fraction of sp³-hybridized carbons (Fsp3) is 0.385. The Labute approximate surface area is 168 Å². The van der Waals surface area contributed by atoms with E-state index in [1.54, 1.807) is 0 Å². The smallest absolute Gasteiger partial charge is 0.0681 e. The lowest BCUT2D eigenvalue weighted by Gasteiger charge is -2.26. The molecule has 4 rings (SSSR count). The molecule has 146 valence electrons. The topological polar surface area (TPSA) is 32.3 Å². The van der Waals surface area contributed by atoms with E-state index in [0.29, 0.717) is 18.0 Å². The van der Waals surface area contributed by atoms with Crippen LogP contribution in [-0.2, 0) is 6.61 Å². The fourth-order valence-corrected chi connectivity index (χ4v) is 4.78. The normalized spacial score (nSPS) is 21.4. The summed E-state index contributed by atoms with van der Waals surface area (Å²) in [4.78, 5) is 0. The van der Waals surface area contributed by atoms with Crippen LogP contribution in [0.25, 0.3) is 10.8 Å². The Morgan fingerprint density at radius 2 is 1.68 bits per heavy atom. The van der Waals surface area contributed by atoms with Gasteiger partial charge in [-0.15, -0.1) is 0 Å². The highest BCUT2D eigenvalue weighted by Gasteiger charge is 2.23. The zero-order chi connectivity index (χ0) is 19.3. The molecule has 1 fully saturated rings. The molecule has 0 bridgehead atoms. The molecule has 3 atom stereocenters. The molecule has 28 heavy (non-hydrogen) atoms. The molecule has 2 heteroatoms. The summed E-state index contributed by atoms with van der Waals surface area (Å²) in [6, 6.07) is 24.8. The summed E-state index contributed by atoms with van der Waals surface area (Å²) < 4.78 is 0. The standard InChI is InChI=1S/C26H31NO/c1-19(25-12-6-9-22-7-3-5-11-26(22)25)27-24-10-4-2-8-23(17-24)21-15-13-20(18-28)14-16-21/h3,5-7,9,11-16,19,23-24,27-28H,2,4,8,10,17-18H2,1H3. The fourth-order valence-electron chi connectivity index (χ4n) is 4.78. The van der Waals surface area contributed by atoms with E-state index in [4.69, 9.17) is 0 Å². The van der Waals surface area contributed by atoms with Crippen molar-refractivity contribution in [1.82, 2.24) is 5.32 Å². The van der Waals surface area contributed by atoms with Gasteiger partial charge < -0.3 is 10.4 Å². The van der Waals surface area contributed by atoms with Gasteiger partial charge in [-0.05, 0) is 59.6 Å². The van der Waals surface area contributed by atoms with Crippen molar-refractivity contribution < 1.29 is 5.11 Å². The first kappa shape index (κ1) is 19.2. The molecule has 2 N–H and O–H groups in total. The van der Waals surface area contributed by atoms with Crippen molar-refractivity contribution >= 4 is 10.8 Å². The summed E-state index contributed by atoms with van der Waals surface area (Å²) in [7, 11) is 0. The zero-order valence-corrected chi connectivity index (χ0v) is 16.8. The van der Waals surface area contributed by atoms with Crippen molar-refractivity contribution in [3.05, 3.63) is 83.4 Å². The average Bonchev–Trinajstić information content (AvgIpc) is 2.99. The van der Waals surface area contributed by atoms with Gasteiger partial charge in [0.1, 0.15) is 0 Å². The van der Waals surface area contributed by atoms with Crippen molar-refractivity contribution in [3.63, 3.8) is 0 Å². The van der Waals surface area contributed by atoms with Crippen LogP contribution in [0.5, 0.6) is 0 Å². The second-order valence-electron chi connectivity index (χ2n) is 8.27. The van der Waals surface area contributed by atoms with Crippen molar-refractivity contribution in [2.24, 2.45) is 0 Å². The van der Waals surface area contributed by atoms with E-state index in [1.165, 1.54) is 54.0 Å². The summed E-state index contributed by atoms with van der Waals surface area (Å²) in [5, 5.41) is 15.9. The highest BCUT2D eigenvalue weighted by molar-refractivity contribution is 5.86. The van der Waals surface area contributed by atoms with E-state index in [0.717, 1.165) is 5.56 Å². The number of hydrogen-bond donors (Lipinski definition) is 2. The van der Waals surface area contributed by atoms with E-state index in [2.05, 4.69) is 79.0 Å². The van der Waals surface area contributed by atoms with Crippen LogP contribution in [-0.4, -0.2) is 11.1 Å². The minimum absolute atomic E-state index is 0.123. The summed E-state index contributed by atoms with van der Waals surface area (Å²) >= 11 is 0. The quantitative estimate of drug-likeness (QED) is 0.530. The van der Waals surface area contributed by atoms with Gasteiger partial charge in [0.2, 0.25) is 0 Å². The van der Waals surface area contributed by atoms with Gasteiger partial charge in [0.25, 0.3) is 0 Å². The molecule has 0 radical (unpaired) electrons. The predicted molar refractivity (Wildman–Crippen MR) is 117 cm³/mol. The molecule has 2 nitrogen and oxygen atoms in total. The molecule has 3 aromatic carbocycles. The summed E-state index contributed by atoms with van der Waals surface area (Å²) in [5.74, 6) is 0.604. The molecular formula is C26H31NO. The van der Waals surface area contributed by atoms with Crippen molar-refractivity contribution in [3.8, 4) is 0 Å². The van der Waals surface area contributed by atoms with Crippen LogP contribution in [0.4, 0.5) is 0 Å². The van der Waals surface area contributed by atoms with Crippen molar-refractivity contribution in [1.29, 1.82) is 0 Å². The highest BCUT2D eigenvalue weighted by atomic mass is 16.3. The lowest BCUT2D eigenvalue weighted by molar-refractivity contribution is 0.282. The number of benzene rings is 3. The minimum atomic E-state index is 0.123. The lowest BCUT2D eigenvalue weighted by atomic mass is 9.89. The van der Waals surface area contributed by atoms with Crippen molar-refractivity contribution in [2.75, 3.05) is 0 Å². The van der Waals surface area contributed by atoms with E-state index >= 15 is 0 Å². The molecule has 0 amide bonds. The molecule has 3 unspecified atom stereocenters. The van der Waals surface area contributed by atoms with Crippen molar-refractivity contribution in [2.45, 2.75) is 63.6 Å². The predicted octanol–water partition coefficient (Wildman–Crippen LogP) is 6.10. The molecule has 3 aromatic rings. The second kappa shape index (κ2) is 8.89. The van der Waals surface area contributed by atoms with Gasteiger partial charge in [-0.1, -0.05) is 79.6 Å². The van der Waals surface area contributed by atoms with Gasteiger partial charge in [-0.2, -0.15) is 0 Å². The average molecular weight is 374 g/mol. The number of hydrogen-bond acceptors (Lipinski definition) is 2. The Morgan fingerprint density at radius 1 is 0.929 bits per heavy atom. The first-order chi connectivity index (χ1) is 13.7. The van der Waals surface area contributed by atoms with Crippen LogP contribution in [0.1, 0.15) is 67.7 Å². The van der Waals surface area contributed by atoms with Gasteiger partial charge in [0.05, 0.1) is 6.61 Å². The monoisotopic (exact) mass is 373 g/mol. The Balaban J connectivity index is 1.49. The molecule has 1 aliphatic carbocycles. The molecule has 0 saturated heterocycles. The Morgan fingerprint density at radius 3 is 2.50 bits per heavy atom. The number of fused-ring (bicyclic) bond motifs is 1. The summed E-state index contributed by atoms with van der Waals surface area (Å²) in [6.07, 6.45) is 6.30. The van der Waals surface area contributed by atoms with E-state index in [1.807, 2.05) is 0 Å². The lowest BCUT2D eigenvalue weighted by Crippen LogP contribution is -2.32. The molecule has 0 spiro atoms. The van der Waals surface area contributed by atoms with Crippen LogP contribution in [0.3, 0.4) is 0 Å². The van der Waals surface area contributed by atoms with Gasteiger partial charge in [-0.25, -0.2) is 0 Å². The Kier molecular flexibility index (Phi) is 6.09. The summed E-state index contributed by atoms with van der Waals surface area (Å²) in [5.41, 5.74) is 3.81. The third-order valence-electron chi connectivity index (χ3n) is 6.33. The van der Waals surface area contributed by atoms with Crippen LogP contribution in [0.2, 0.25) is 0 Å². The number of aliphatic hydroxyl groups excluding tert-OH is 1. The third-order valence-corrected chi connectivity index (χ3v) is 6.33. The Hall–Kier alpha value is -2.16. The van der Waals surface area contributed by atoms with Gasteiger partial charge in [0, 0.05) is 12.1 Å². The minimum Gasteiger partial charge on any atom is -0.392 e. The van der Waals surface area contributed by atoms with E-state index in [-0.39, 0.29) is 6.61 Å². The van der Waals surface area contributed by atoms with Gasteiger partial charge in [-0.3, -0.25) is 0 Å². The molecule has 0 aromatic heterocycles. The highest BCUT2D eigenvalue weighted by Crippen LogP contribution is 2.33.